The van der Waals surface area contributed by atoms with Crippen molar-refractivity contribution in [3.63, 3.8) is 0 Å². The minimum Gasteiger partial charge on any atom is -0.361 e. The van der Waals surface area contributed by atoms with Crippen molar-refractivity contribution in [2.75, 3.05) is 6.54 Å². The zero-order valence-corrected chi connectivity index (χ0v) is 11.1. The molecule has 20 heavy (non-hydrogen) atoms. The van der Waals surface area contributed by atoms with Crippen molar-refractivity contribution in [2.45, 2.75) is 25.8 Å². The lowest BCUT2D eigenvalue weighted by Gasteiger charge is -2.22. The van der Waals surface area contributed by atoms with E-state index >= 15 is 0 Å². The molecule has 6 nitrogen and oxygen atoms in total. The van der Waals surface area contributed by atoms with Gasteiger partial charge in [0, 0.05) is 24.9 Å². The molecular formula is C14H15N3O3. The van der Waals surface area contributed by atoms with E-state index in [1.165, 1.54) is 12.3 Å². The van der Waals surface area contributed by atoms with Crippen molar-refractivity contribution in [3.05, 3.63) is 51.8 Å². The van der Waals surface area contributed by atoms with Crippen LogP contribution in [0.5, 0.6) is 0 Å². The van der Waals surface area contributed by atoms with Crippen LogP contribution in [-0.4, -0.2) is 27.5 Å². The van der Waals surface area contributed by atoms with E-state index in [4.69, 9.17) is 4.52 Å². The summed E-state index contributed by atoms with van der Waals surface area (Å²) in [6.07, 6.45) is 3.26. The summed E-state index contributed by atoms with van der Waals surface area (Å²) in [7, 11) is 0. The number of H-pyrrole nitrogens is 1. The van der Waals surface area contributed by atoms with Gasteiger partial charge in [-0.3, -0.25) is 9.59 Å². The lowest BCUT2D eigenvalue weighted by Crippen LogP contribution is -2.31. The molecule has 1 aliphatic rings. The summed E-state index contributed by atoms with van der Waals surface area (Å²) >= 11 is 0. The number of carbonyl (C=O) groups excluding carboxylic acids is 1. The van der Waals surface area contributed by atoms with Gasteiger partial charge >= 0.3 is 0 Å². The molecule has 0 radical (unpaired) electrons. The minimum atomic E-state index is -0.216. The maximum Gasteiger partial charge on any atom is 0.255 e. The topological polar surface area (TPSA) is 79.2 Å². The molecule has 0 saturated carbocycles. The van der Waals surface area contributed by atoms with Gasteiger partial charge in [0.25, 0.3) is 5.91 Å². The second kappa shape index (κ2) is 4.96. The largest absolute Gasteiger partial charge is 0.361 e. The van der Waals surface area contributed by atoms with Crippen LogP contribution in [-0.2, 0) is 0 Å². The van der Waals surface area contributed by atoms with Gasteiger partial charge in [0.1, 0.15) is 11.5 Å². The molecule has 0 aromatic carbocycles. The fourth-order valence-electron chi connectivity index (χ4n) is 2.57. The monoisotopic (exact) mass is 273 g/mol. The van der Waals surface area contributed by atoms with Gasteiger partial charge in [-0.2, -0.15) is 0 Å². The van der Waals surface area contributed by atoms with Gasteiger partial charge in [0.2, 0.25) is 5.56 Å². The highest BCUT2D eigenvalue weighted by molar-refractivity contribution is 5.94. The van der Waals surface area contributed by atoms with Crippen LogP contribution in [0.2, 0.25) is 0 Å². The molecule has 2 aromatic heterocycles. The highest BCUT2D eigenvalue weighted by Gasteiger charge is 2.32. The fraction of sp³-hybridized carbons (Fsp3) is 0.357. The van der Waals surface area contributed by atoms with Crippen LogP contribution >= 0.6 is 0 Å². The number of rotatable bonds is 2. The molecule has 3 rings (SSSR count). The zero-order valence-electron chi connectivity index (χ0n) is 11.1. The van der Waals surface area contributed by atoms with Crippen LogP contribution in [0.4, 0.5) is 0 Å². The van der Waals surface area contributed by atoms with Crippen molar-refractivity contribution < 1.29 is 9.32 Å². The predicted molar refractivity (Wildman–Crippen MR) is 71.3 cm³/mol. The van der Waals surface area contributed by atoms with Crippen LogP contribution in [0, 0.1) is 6.92 Å². The van der Waals surface area contributed by atoms with E-state index in [0.29, 0.717) is 12.1 Å². The van der Waals surface area contributed by atoms with Crippen LogP contribution in [0.15, 0.2) is 33.7 Å². The van der Waals surface area contributed by atoms with Gasteiger partial charge in [0.15, 0.2) is 0 Å². The molecule has 1 saturated heterocycles. The third-order valence-electron chi connectivity index (χ3n) is 3.53. The Kier molecular flexibility index (Phi) is 3.14. The van der Waals surface area contributed by atoms with Crippen LogP contribution in [0.1, 0.15) is 40.7 Å². The Morgan fingerprint density at radius 2 is 2.35 bits per heavy atom. The fourth-order valence-corrected chi connectivity index (χ4v) is 2.57. The number of aromatic nitrogens is 2. The summed E-state index contributed by atoms with van der Waals surface area (Å²) in [5, 5.41) is 4.01. The second-order valence-corrected chi connectivity index (χ2v) is 4.96. The Labute approximate surface area is 115 Å². The molecule has 1 unspecified atom stereocenters. The van der Waals surface area contributed by atoms with Crippen LogP contribution in [0.3, 0.4) is 0 Å². The van der Waals surface area contributed by atoms with E-state index in [2.05, 4.69) is 10.1 Å². The summed E-state index contributed by atoms with van der Waals surface area (Å²) in [5.41, 5.74) is 1.06. The Bertz CT molecular complexity index is 668. The van der Waals surface area contributed by atoms with Crippen molar-refractivity contribution in [1.82, 2.24) is 15.0 Å². The summed E-state index contributed by atoms with van der Waals surface area (Å²) in [4.78, 5) is 27.9. The van der Waals surface area contributed by atoms with Crippen LogP contribution in [0.25, 0.3) is 0 Å². The number of hydrogen-bond acceptors (Lipinski definition) is 4. The Balaban J connectivity index is 1.86. The number of aromatic amines is 1. The van der Waals surface area contributed by atoms with E-state index in [0.717, 1.165) is 24.3 Å². The van der Waals surface area contributed by atoms with Crippen molar-refractivity contribution in [2.24, 2.45) is 0 Å². The third kappa shape index (κ3) is 2.24. The molecule has 1 fully saturated rings. The number of carbonyl (C=O) groups is 1. The quantitative estimate of drug-likeness (QED) is 0.902. The van der Waals surface area contributed by atoms with Gasteiger partial charge in [-0.05, 0) is 25.8 Å². The maximum absolute atomic E-state index is 12.5. The molecule has 1 atom stereocenters. The van der Waals surface area contributed by atoms with Gasteiger partial charge in [-0.15, -0.1) is 0 Å². The molecule has 104 valence electrons. The van der Waals surface area contributed by atoms with Gasteiger partial charge in [-0.1, -0.05) is 5.16 Å². The summed E-state index contributed by atoms with van der Waals surface area (Å²) in [6, 6.07) is 4.72. The highest BCUT2D eigenvalue weighted by Crippen LogP contribution is 2.32. The molecule has 1 aliphatic heterocycles. The predicted octanol–water partition coefficient (Wildman–Crippen LogP) is 1.65. The Hall–Kier alpha value is -2.37. The number of likely N-dealkylation sites (tertiary alicyclic amines) is 1. The lowest BCUT2D eigenvalue weighted by molar-refractivity contribution is 0.0730. The minimum absolute atomic E-state index is 0.0492. The van der Waals surface area contributed by atoms with Crippen LogP contribution < -0.4 is 5.56 Å². The van der Waals surface area contributed by atoms with Crippen molar-refractivity contribution in [1.29, 1.82) is 0 Å². The van der Waals surface area contributed by atoms with E-state index in [-0.39, 0.29) is 17.5 Å². The number of amides is 1. The normalized spacial score (nSPS) is 18.4. The molecule has 2 aromatic rings. The Morgan fingerprint density at radius 3 is 3.00 bits per heavy atom. The smallest absolute Gasteiger partial charge is 0.255 e. The highest BCUT2D eigenvalue weighted by atomic mass is 16.5. The third-order valence-corrected chi connectivity index (χ3v) is 3.53. The lowest BCUT2D eigenvalue weighted by atomic mass is 10.1. The SMILES string of the molecule is Cc1cc(C2CCCN2C(=O)c2ccc(=O)[nH]c2)no1. The number of pyridine rings is 1. The van der Waals surface area contributed by atoms with E-state index in [1.54, 1.807) is 11.0 Å². The maximum atomic E-state index is 12.5. The van der Waals surface area contributed by atoms with Crippen molar-refractivity contribution in [3.8, 4) is 0 Å². The molecule has 1 N–H and O–H groups in total. The molecule has 1 amide bonds. The Morgan fingerprint density at radius 1 is 1.50 bits per heavy atom. The zero-order chi connectivity index (χ0) is 14.1. The first-order valence-electron chi connectivity index (χ1n) is 6.58. The van der Waals surface area contributed by atoms with E-state index in [9.17, 15) is 9.59 Å². The molecule has 0 bridgehead atoms. The number of nitrogens with one attached hydrogen (secondary N) is 1. The molecule has 6 heteroatoms. The first-order valence-corrected chi connectivity index (χ1v) is 6.58. The standard InChI is InChI=1S/C14H15N3O3/c1-9-7-11(16-20-9)12-3-2-6-17(12)14(19)10-4-5-13(18)15-8-10/h4-5,7-8,12H,2-3,6H2,1H3,(H,15,18). The van der Waals surface area contributed by atoms with Crippen molar-refractivity contribution >= 4 is 5.91 Å². The average Bonchev–Trinajstić information content (AvgIpc) is 3.07. The van der Waals surface area contributed by atoms with Gasteiger partial charge in [-0.25, -0.2) is 0 Å². The number of aryl methyl sites for hydroxylation is 1. The summed E-state index contributed by atoms with van der Waals surface area (Å²) in [6.45, 7) is 2.52. The van der Waals surface area contributed by atoms with E-state index in [1.807, 2.05) is 13.0 Å². The number of nitrogens with zero attached hydrogens (tertiary/aromatic N) is 2. The van der Waals surface area contributed by atoms with E-state index < -0.39 is 0 Å². The molecule has 3 heterocycles. The first kappa shape index (κ1) is 12.7. The first-order chi connectivity index (χ1) is 9.65. The number of hydrogen-bond donors (Lipinski definition) is 1. The second-order valence-electron chi connectivity index (χ2n) is 4.96. The van der Waals surface area contributed by atoms with Gasteiger partial charge < -0.3 is 14.4 Å². The summed E-state index contributed by atoms with van der Waals surface area (Å²) < 4.78 is 5.09. The molecule has 0 aliphatic carbocycles. The van der Waals surface area contributed by atoms with Gasteiger partial charge in [0.05, 0.1) is 11.6 Å². The average molecular weight is 273 g/mol. The molecular weight excluding hydrogens is 258 g/mol. The molecule has 0 spiro atoms. The summed E-state index contributed by atoms with van der Waals surface area (Å²) in [5.74, 6) is 0.646.